The van der Waals surface area contributed by atoms with Crippen molar-refractivity contribution in [3.63, 3.8) is 0 Å². The summed E-state index contributed by atoms with van der Waals surface area (Å²) in [4.78, 5) is 2.74. The minimum Gasteiger partial charge on any atom is -0.308 e. The lowest BCUT2D eigenvalue weighted by Gasteiger charge is -2.49. The molecule has 1 atom stereocenters. The maximum absolute atomic E-state index is 4.29. The predicted octanol–water partition coefficient (Wildman–Crippen LogP) is 2.35. The first-order chi connectivity index (χ1) is 10.2. The Balaban J connectivity index is 1.62. The zero-order chi connectivity index (χ0) is 14.7. The quantitative estimate of drug-likeness (QED) is 0.924. The molecule has 0 radical (unpaired) electrons. The summed E-state index contributed by atoms with van der Waals surface area (Å²) in [5.41, 5.74) is 1.78. The lowest BCUT2D eigenvalue weighted by Crippen LogP contribution is -2.64. The largest absolute Gasteiger partial charge is 0.308 e. The van der Waals surface area contributed by atoms with Crippen molar-refractivity contribution in [3.05, 3.63) is 18.0 Å². The van der Waals surface area contributed by atoms with Crippen LogP contribution >= 0.6 is 0 Å². The Morgan fingerprint density at radius 2 is 2.14 bits per heavy atom. The van der Waals surface area contributed by atoms with Crippen LogP contribution in [0.5, 0.6) is 0 Å². The van der Waals surface area contributed by atoms with E-state index in [0.717, 1.165) is 6.42 Å². The normalized spacial score (nSPS) is 26.3. The van der Waals surface area contributed by atoms with Gasteiger partial charge >= 0.3 is 0 Å². The SMILES string of the molecule is CCC1CNC2(CCCCC2)CN1CCc1cnn(C)c1. The number of rotatable bonds is 4. The Kier molecular flexibility index (Phi) is 4.65. The first kappa shape index (κ1) is 15.0. The molecule has 1 saturated carbocycles. The third-order valence-corrected chi connectivity index (χ3v) is 5.46. The molecule has 4 nitrogen and oxygen atoms in total. The van der Waals surface area contributed by atoms with Crippen LogP contribution in [0.1, 0.15) is 51.0 Å². The topological polar surface area (TPSA) is 33.1 Å². The number of nitrogens with one attached hydrogen (secondary N) is 1. The highest BCUT2D eigenvalue weighted by molar-refractivity contribution is 5.05. The van der Waals surface area contributed by atoms with E-state index in [1.54, 1.807) is 0 Å². The van der Waals surface area contributed by atoms with Crippen molar-refractivity contribution < 1.29 is 0 Å². The zero-order valence-corrected chi connectivity index (χ0v) is 13.6. The van der Waals surface area contributed by atoms with Gasteiger partial charge in [0, 0.05) is 44.5 Å². The van der Waals surface area contributed by atoms with Crippen molar-refractivity contribution >= 4 is 0 Å². The predicted molar refractivity (Wildman–Crippen MR) is 86.4 cm³/mol. The number of aromatic nitrogens is 2. The number of hydrogen-bond acceptors (Lipinski definition) is 3. The Morgan fingerprint density at radius 1 is 1.33 bits per heavy atom. The van der Waals surface area contributed by atoms with Gasteiger partial charge in [-0.2, -0.15) is 5.10 Å². The summed E-state index contributed by atoms with van der Waals surface area (Å²) in [6, 6.07) is 0.703. The summed E-state index contributed by atoms with van der Waals surface area (Å²) in [5, 5.41) is 8.20. The molecule has 1 aliphatic carbocycles. The van der Waals surface area contributed by atoms with Crippen molar-refractivity contribution in [3.8, 4) is 0 Å². The molecule has 1 N–H and O–H groups in total. The summed E-state index contributed by atoms with van der Waals surface area (Å²) < 4.78 is 1.91. The molecule has 1 saturated heterocycles. The highest BCUT2D eigenvalue weighted by Gasteiger charge is 2.38. The third-order valence-electron chi connectivity index (χ3n) is 5.46. The molecule has 1 spiro atoms. The number of piperazine rings is 1. The molecule has 3 rings (SSSR count). The van der Waals surface area contributed by atoms with Crippen molar-refractivity contribution in [2.45, 2.75) is 63.5 Å². The van der Waals surface area contributed by atoms with Gasteiger partial charge in [-0.1, -0.05) is 26.2 Å². The van der Waals surface area contributed by atoms with Gasteiger partial charge in [0.1, 0.15) is 0 Å². The highest BCUT2D eigenvalue weighted by Crippen LogP contribution is 2.32. The number of aryl methyl sites for hydroxylation is 1. The lowest BCUT2D eigenvalue weighted by atomic mass is 9.79. The molecule has 1 aromatic rings. The number of nitrogens with zero attached hydrogens (tertiary/aromatic N) is 3. The second-order valence-corrected chi connectivity index (χ2v) is 7.03. The lowest BCUT2D eigenvalue weighted by molar-refractivity contribution is 0.0549. The van der Waals surface area contributed by atoms with Crippen LogP contribution in [0.3, 0.4) is 0 Å². The number of hydrogen-bond donors (Lipinski definition) is 1. The van der Waals surface area contributed by atoms with Gasteiger partial charge in [-0.05, 0) is 31.2 Å². The second kappa shape index (κ2) is 6.49. The molecule has 0 amide bonds. The van der Waals surface area contributed by atoms with Crippen molar-refractivity contribution in [2.75, 3.05) is 19.6 Å². The van der Waals surface area contributed by atoms with E-state index in [1.807, 2.05) is 17.9 Å². The Morgan fingerprint density at radius 3 is 2.81 bits per heavy atom. The summed E-state index contributed by atoms with van der Waals surface area (Å²) >= 11 is 0. The molecule has 1 aliphatic heterocycles. The van der Waals surface area contributed by atoms with E-state index in [4.69, 9.17) is 0 Å². The third kappa shape index (κ3) is 3.49. The van der Waals surface area contributed by atoms with Gasteiger partial charge in [0.05, 0.1) is 6.20 Å². The molecule has 118 valence electrons. The Hall–Kier alpha value is -0.870. The summed E-state index contributed by atoms with van der Waals surface area (Å²) in [5.74, 6) is 0. The van der Waals surface area contributed by atoms with Crippen LogP contribution in [0.2, 0.25) is 0 Å². The minimum absolute atomic E-state index is 0.416. The first-order valence-corrected chi connectivity index (χ1v) is 8.67. The van der Waals surface area contributed by atoms with Crippen molar-refractivity contribution in [1.82, 2.24) is 20.0 Å². The maximum Gasteiger partial charge on any atom is 0.0522 e. The molecular formula is C17H30N4. The van der Waals surface area contributed by atoms with E-state index in [9.17, 15) is 0 Å². The van der Waals surface area contributed by atoms with Gasteiger partial charge < -0.3 is 5.32 Å². The summed E-state index contributed by atoms with van der Waals surface area (Å²) in [6.07, 6.45) is 13.5. The van der Waals surface area contributed by atoms with Crippen LogP contribution in [-0.2, 0) is 13.5 Å². The van der Waals surface area contributed by atoms with Crippen LogP contribution in [0.4, 0.5) is 0 Å². The molecule has 2 aliphatic rings. The van der Waals surface area contributed by atoms with Crippen LogP contribution < -0.4 is 5.32 Å². The highest BCUT2D eigenvalue weighted by atomic mass is 15.3. The molecule has 4 heteroatoms. The van der Waals surface area contributed by atoms with Crippen LogP contribution in [-0.4, -0.2) is 45.9 Å². The standard InChI is InChI=1S/C17H30N4/c1-3-16-12-18-17(8-5-4-6-9-17)14-21(16)10-7-15-11-19-20(2)13-15/h11,13,16,18H,3-10,12,14H2,1-2H3. The van der Waals surface area contributed by atoms with Crippen LogP contribution in [0, 0.1) is 0 Å². The summed E-state index contributed by atoms with van der Waals surface area (Å²) in [6.45, 7) is 5.91. The van der Waals surface area contributed by atoms with Gasteiger partial charge in [0.15, 0.2) is 0 Å². The van der Waals surface area contributed by atoms with Crippen LogP contribution in [0.25, 0.3) is 0 Å². The smallest absolute Gasteiger partial charge is 0.0522 e. The van der Waals surface area contributed by atoms with E-state index >= 15 is 0 Å². The fraction of sp³-hybridized carbons (Fsp3) is 0.824. The maximum atomic E-state index is 4.29. The first-order valence-electron chi connectivity index (χ1n) is 8.67. The molecule has 21 heavy (non-hydrogen) atoms. The van der Waals surface area contributed by atoms with E-state index in [-0.39, 0.29) is 0 Å². The second-order valence-electron chi connectivity index (χ2n) is 7.03. The van der Waals surface area contributed by atoms with Crippen molar-refractivity contribution in [2.24, 2.45) is 7.05 Å². The van der Waals surface area contributed by atoms with Gasteiger partial charge in [0.2, 0.25) is 0 Å². The van der Waals surface area contributed by atoms with Gasteiger partial charge in [-0.15, -0.1) is 0 Å². The average Bonchev–Trinajstić information content (AvgIpc) is 2.92. The molecular weight excluding hydrogens is 260 g/mol. The minimum atomic E-state index is 0.416. The average molecular weight is 290 g/mol. The van der Waals surface area contributed by atoms with Gasteiger partial charge in [-0.25, -0.2) is 0 Å². The fourth-order valence-electron chi connectivity index (χ4n) is 4.14. The van der Waals surface area contributed by atoms with Crippen LogP contribution in [0.15, 0.2) is 12.4 Å². The molecule has 0 bridgehead atoms. The van der Waals surface area contributed by atoms with E-state index in [2.05, 4.69) is 28.4 Å². The summed E-state index contributed by atoms with van der Waals surface area (Å²) in [7, 11) is 2.00. The van der Waals surface area contributed by atoms with E-state index < -0.39 is 0 Å². The Bertz CT molecular complexity index is 447. The fourth-order valence-corrected chi connectivity index (χ4v) is 4.14. The molecule has 1 unspecified atom stereocenters. The van der Waals surface area contributed by atoms with Gasteiger partial charge in [0.25, 0.3) is 0 Å². The molecule has 0 aromatic carbocycles. The zero-order valence-electron chi connectivity index (χ0n) is 13.6. The molecule has 2 fully saturated rings. The monoisotopic (exact) mass is 290 g/mol. The Labute approximate surface area is 128 Å². The van der Waals surface area contributed by atoms with Gasteiger partial charge in [-0.3, -0.25) is 9.58 Å². The molecule has 2 heterocycles. The van der Waals surface area contributed by atoms with E-state index in [1.165, 1.54) is 63.7 Å². The molecule has 1 aromatic heterocycles. The van der Waals surface area contributed by atoms with Crippen molar-refractivity contribution in [1.29, 1.82) is 0 Å². The van der Waals surface area contributed by atoms with E-state index in [0.29, 0.717) is 11.6 Å².